The van der Waals surface area contributed by atoms with E-state index in [9.17, 15) is 0 Å². The Bertz CT molecular complexity index is 324. The van der Waals surface area contributed by atoms with Gasteiger partial charge in [0.1, 0.15) is 12.2 Å². The van der Waals surface area contributed by atoms with Crippen molar-refractivity contribution in [3.8, 4) is 0 Å². The van der Waals surface area contributed by atoms with Gasteiger partial charge in [0, 0.05) is 19.0 Å². The number of nitrogens with zero attached hydrogens (tertiary/aromatic N) is 3. The smallest absolute Gasteiger partial charge is 0.138 e. The van der Waals surface area contributed by atoms with Crippen LogP contribution in [-0.4, -0.2) is 27.4 Å². The zero-order valence-corrected chi connectivity index (χ0v) is 11.8. The molecule has 1 aromatic heterocycles. The zero-order valence-electron chi connectivity index (χ0n) is 11.8. The minimum Gasteiger partial charge on any atom is -0.314 e. The second-order valence-corrected chi connectivity index (χ2v) is 5.51. The molecule has 1 N–H and O–H groups in total. The monoisotopic (exact) mass is 238 g/mol. The molecule has 4 nitrogen and oxygen atoms in total. The Kier molecular flexibility index (Phi) is 5.12. The molecule has 0 aliphatic rings. The van der Waals surface area contributed by atoms with Crippen molar-refractivity contribution in [2.24, 2.45) is 5.41 Å². The molecule has 1 heterocycles. The molecule has 0 saturated carbocycles. The van der Waals surface area contributed by atoms with Crippen LogP contribution < -0.4 is 5.32 Å². The molecule has 0 spiro atoms. The second-order valence-electron chi connectivity index (χ2n) is 5.51. The Balaban J connectivity index is 2.58. The molecule has 98 valence electrons. The Hall–Kier alpha value is -0.900. The fourth-order valence-corrected chi connectivity index (χ4v) is 2.11. The van der Waals surface area contributed by atoms with Crippen LogP contribution in [0.25, 0.3) is 0 Å². The van der Waals surface area contributed by atoms with E-state index in [0.717, 1.165) is 31.8 Å². The van der Waals surface area contributed by atoms with Crippen LogP contribution in [0.1, 0.15) is 46.9 Å². The molecule has 1 unspecified atom stereocenters. The van der Waals surface area contributed by atoms with E-state index in [0.29, 0.717) is 6.04 Å². The number of hydrogen-bond donors (Lipinski definition) is 1. The molecule has 17 heavy (non-hydrogen) atoms. The molecule has 0 aliphatic carbocycles. The van der Waals surface area contributed by atoms with Crippen molar-refractivity contribution in [1.82, 2.24) is 20.1 Å². The van der Waals surface area contributed by atoms with Crippen LogP contribution in [0.4, 0.5) is 0 Å². The average molecular weight is 238 g/mol. The van der Waals surface area contributed by atoms with Crippen LogP contribution in [0, 0.1) is 5.41 Å². The molecule has 0 amide bonds. The Morgan fingerprint density at radius 2 is 2.06 bits per heavy atom. The van der Waals surface area contributed by atoms with Gasteiger partial charge >= 0.3 is 0 Å². The first-order valence-electron chi connectivity index (χ1n) is 6.59. The summed E-state index contributed by atoms with van der Waals surface area (Å²) in [6.45, 7) is 13.0. The number of nitrogens with one attached hydrogen (secondary N) is 1. The van der Waals surface area contributed by atoms with Crippen molar-refractivity contribution < 1.29 is 0 Å². The number of rotatable bonds is 6. The van der Waals surface area contributed by atoms with Crippen LogP contribution in [0.3, 0.4) is 0 Å². The minimum atomic E-state index is 0.285. The fraction of sp³-hybridized carbons (Fsp3) is 0.846. The Morgan fingerprint density at radius 1 is 1.35 bits per heavy atom. The molecule has 0 fully saturated rings. The highest BCUT2D eigenvalue weighted by molar-refractivity contribution is 4.89. The molecular weight excluding hydrogens is 212 g/mol. The van der Waals surface area contributed by atoms with Gasteiger partial charge in [-0.2, -0.15) is 5.10 Å². The standard InChI is InChI=1S/C13H26N4/c1-6-14-11(13(3,4)5)8-9-12-15-10-16-17(12)7-2/h10-11,14H,6-9H2,1-5H3. The van der Waals surface area contributed by atoms with Crippen LogP contribution in [-0.2, 0) is 13.0 Å². The minimum absolute atomic E-state index is 0.285. The van der Waals surface area contributed by atoms with Gasteiger partial charge in [-0.3, -0.25) is 4.68 Å². The van der Waals surface area contributed by atoms with E-state index in [-0.39, 0.29) is 5.41 Å². The van der Waals surface area contributed by atoms with Crippen molar-refractivity contribution >= 4 is 0 Å². The van der Waals surface area contributed by atoms with E-state index in [2.05, 4.69) is 50.0 Å². The third-order valence-corrected chi connectivity index (χ3v) is 3.15. The van der Waals surface area contributed by atoms with Gasteiger partial charge in [0.25, 0.3) is 0 Å². The quantitative estimate of drug-likeness (QED) is 0.826. The molecule has 0 saturated heterocycles. The number of hydrogen-bond acceptors (Lipinski definition) is 3. The van der Waals surface area contributed by atoms with Crippen LogP contribution in [0.5, 0.6) is 0 Å². The SMILES string of the molecule is CCNC(CCc1ncnn1CC)C(C)(C)C. The molecule has 0 aliphatic heterocycles. The topological polar surface area (TPSA) is 42.7 Å². The van der Waals surface area contributed by atoms with Crippen LogP contribution >= 0.6 is 0 Å². The van der Waals surface area contributed by atoms with Gasteiger partial charge in [-0.15, -0.1) is 0 Å². The average Bonchev–Trinajstić information content (AvgIpc) is 2.69. The summed E-state index contributed by atoms with van der Waals surface area (Å²) in [5.74, 6) is 1.10. The summed E-state index contributed by atoms with van der Waals surface area (Å²) in [6, 6.07) is 0.523. The lowest BCUT2D eigenvalue weighted by atomic mass is 9.84. The van der Waals surface area contributed by atoms with Crippen molar-refractivity contribution in [3.05, 3.63) is 12.2 Å². The highest BCUT2D eigenvalue weighted by Crippen LogP contribution is 2.22. The normalized spacial score (nSPS) is 13.9. The lowest BCUT2D eigenvalue weighted by Crippen LogP contribution is -2.40. The van der Waals surface area contributed by atoms with Gasteiger partial charge in [0.15, 0.2) is 0 Å². The maximum Gasteiger partial charge on any atom is 0.138 e. The van der Waals surface area contributed by atoms with E-state index in [4.69, 9.17) is 0 Å². The van der Waals surface area contributed by atoms with E-state index in [1.165, 1.54) is 0 Å². The Morgan fingerprint density at radius 3 is 2.59 bits per heavy atom. The summed E-state index contributed by atoms with van der Waals surface area (Å²) in [5, 5.41) is 7.77. The third kappa shape index (κ3) is 4.11. The van der Waals surface area contributed by atoms with Gasteiger partial charge < -0.3 is 5.32 Å². The summed E-state index contributed by atoms with van der Waals surface area (Å²) in [7, 11) is 0. The van der Waals surface area contributed by atoms with E-state index >= 15 is 0 Å². The molecule has 0 bridgehead atoms. The molecule has 1 aromatic rings. The van der Waals surface area contributed by atoms with Gasteiger partial charge in [-0.1, -0.05) is 27.7 Å². The number of aryl methyl sites for hydroxylation is 2. The molecular formula is C13H26N4. The largest absolute Gasteiger partial charge is 0.314 e. The highest BCUT2D eigenvalue weighted by Gasteiger charge is 2.23. The molecule has 0 radical (unpaired) electrons. The molecule has 4 heteroatoms. The van der Waals surface area contributed by atoms with Crippen molar-refractivity contribution in [1.29, 1.82) is 0 Å². The highest BCUT2D eigenvalue weighted by atomic mass is 15.3. The lowest BCUT2D eigenvalue weighted by molar-refractivity contribution is 0.256. The summed E-state index contributed by atoms with van der Waals surface area (Å²) in [5.41, 5.74) is 0.285. The van der Waals surface area contributed by atoms with Crippen molar-refractivity contribution in [3.63, 3.8) is 0 Å². The maximum absolute atomic E-state index is 4.33. The van der Waals surface area contributed by atoms with Crippen molar-refractivity contribution in [2.45, 2.75) is 60.0 Å². The van der Waals surface area contributed by atoms with Gasteiger partial charge in [0.2, 0.25) is 0 Å². The second kappa shape index (κ2) is 6.15. The summed E-state index contributed by atoms with van der Waals surface area (Å²) < 4.78 is 1.98. The first-order chi connectivity index (χ1) is 7.99. The van der Waals surface area contributed by atoms with Gasteiger partial charge in [0.05, 0.1) is 0 Å². The summed E-state index contributed by atoms with van der Waals surface area (Å²) >= 11 is 0. The van der Waals surface area contributed by atoms with Gasteiger partial charge in [-0.25, -0.2) is 4.98 Å². The predicted octanol–water partition coefficient (Wildman–Crippen LogP) is 2.25. The third-order valence-electron chi connectivity index (χ3n) is 3.15. The van der Waals surface area contributed by atoms with E-state index in [1.807, 2.05) is 4.68 Å². The zero-order chi connectivity index (χ0) is 12.9. The summed E-state index contributed by atoms with van der Waals surface area (Å²) in [4.78, 5) is 4.33. The molecule has 1 atom stereocenters. The van der Waals surface area contributed by atoms with Crippen molar-refractivity contribution in [2.75, 3.05) is 6.54 Å². The number of aromatic nitrogens is 3. The van der Waals surface area contributed by atoms with Gasteiger partial charge in [-0.05, 0) is 25.3 Å². The van der Waals surface area contributed by atoms with E-state index < -0.39 is 0 Å². The predicted molar refractivity (Wildman–Crippen MR) is 70.9 cm³/mol. The fourth-order valence-electron chi connectivity index (χ4n) is 2.11. The molecule has 1 rings (SSSR count). The van der Waals surface area contributed by atoms with Crippen LogP contribution in [0.15, 0.2) is 6.33 Å². The first-order valence-corrected chi connectivity index (χ1v) is 6.59. The molecule has 0 aromatic carbocycles. The lowest BCUT2D eigenvalue weighted by Gasteiger charge is -2.31. The van der Waals surface area contributed by atoms with E-state index in [1.54, 1.807) is 6.33 Å². The van der Waals surface area contributed by atoms with Crippen LogP contribution in [0.2, 0.25) is 0 Å². The summed E-state index contributed by atoms with van der Waals surface area (Å²) in [6.07, 6.45) is 3.75. The first kappa shape index (κ1) is 14.2. The Labute approximate surface area is 105 Å². The maximum atomic E-state index is 4.33.